The fourth-order valence-electron chi connectivity index (χ4n) is 1.77. The minimum absolute atomic E-state index is 0.205. The molecule has 0 saturated heterocycles. The van der Waals surface area contributed by atoms with E-state index in [1.54, 1.807) is 6.07 Å². The first-order valence-corrected chi connectivity index (χ1v) is 6.15. The van der Waals surface area contributed by atoms with Gasteiger partial charge in [-0.3, -0.25) is 4.79 Å². The number of aryl methyl sites for hydroxylation is 1. The standard InChI is InChI=1S/C14H17N3O/c1-2-3-9-17-14(18)12(15)10-13(16-17)11-7-5-4-6-8-11/h4-8,10H,2-3,9,15H2,1H3. The van der Waals surface area contributed by atoms with E-state index in [9.17, 15) is 4.79 Å². The lowest BCUT2D eigenvalue weighted by atomic mass is 10.1. The summed E-state index contributed by atoms with van der Waals surface area (Å²) in [7, 11) is 0. The van der Waals surface area contributed by atoms with Crippen molar-refractivity contribution in [1.82, 2.24) is 9.78 Å². The van der Waals surface area contributed by atoms with Crippen molar-refractivity contribution in [3.05, 3.63) is 46.8 Å². The van der Waals surface area contributed by atoms with Gasteiger partial charge in [0.05, 0.1) is 5.69 Å². The molecule has 0 aliphatic carbocycles. The van der Waals surface area contributed by atoms with E-state index in [2.05, 4.69) is 12.0 Å². The van der Waals surface area contributed by atoms with E-state index in [1.165, 1.54) is 4.68 Å². The summed E-state index contributed by atoms with van der Waals surface area (Å²) in [5, 5.41) is 4.37. The molecule has 4 heteroatoms. The zero-order chi connectivity index (χ0) is 13.0. The van der Waals surface area contributed by atoms with Gasteiger partial charge in [-0.15, -0.1) is 0 Å². The van der Waals surface area contributed by atoms with Crippen LogP contribution in [0.15, 0.2) is 41.2 Å². The summed E-state index contributed by atoms with van der Waals surface area (Å²) in [5.41, 5.74) is 7.51. The van der Waals surface area contributed by atoms with Crippen molar-refractivity contribution in [3.63, 3.8) is 0 Å². The monoisotopic (exact) mass is 243 g/mol. The van der Waals surface area contributed by atoms with Gasteiger partial charge in [0, 0.05) is 12.1 Å². The molecule has 1 aromatic carbocycles. The van der Waals surface area contributed by atoms with Crippen LogP contribution in [0.2, 0.25) is 0 Å². The van der Waals surface area contributed by atoms with E-state index in [1.807, 2.05) is 30.3 Å². The Labute approximate surface area is 106 Å². The van der Waals surface area contributed by atoms with Gasteiger partial charge in [-0.25, -0.2) is 4.68 Å². The third kappa shape index (κ3) is 2.59. The SMILES string of the molecule is CCCCn1nc(-c2ccccc2)cc(N)c1=O. The lowest BCUT2D eigenvalue weighted by Crippen LogP contribution is -2.25. The highest BCUT2D eigenvalue weighted by atomic mass is 16.1. The van der Waals surface area contributed by atoms with E-state index in [0.717, 1.165) is 24.1 Å². The molecule has 0 atom stereocenters. The third-order valence-corrected chi connectivity index (χ3v) is 2.80. The van der Waals surface area contributed by atoms with Gasteiger partial charge in [0.25, 0.3) is 5.56 Å². The molecule has 1 aromatic heterocycles. The molecule has 0 amide bonds. The molecule has 2 rings (SSSR count). The summed E-state index contributed by atoms with van der Waals surface area (Å²) >= 11 is 0. The van der Waals surface area contributed by atoms with Gasteiger partial charge >= 0.3 is 0 Å². The summed E-state index contributed by atoms with van der Waals surface area (Å²) in [6, 6.07) is 11.4. The zero-order valence-electron chi connectivity index (χ0n) is 10.5. The summed E-state index contributed by atoms with van der Waals surface area (Å²) in [5.74, 6) is 0. The predicted octanol–water partition coefficient (Wildman–Crippen LogP) is 2.29. The maximum absolute atomic E-state index is 11.8. The molecular weight excluding hydrogens is 226 g/mol. The van der Waals surface area contributed by atoms with Crippen molar-refractivity contribution in [3.8, 4) is 11.3 Å². The van der Waals surface area contributed by atoms with Crippen molar-refractivity contribution < 1.29 is 0 Å². The maximum Gasteiger partial charge on any atom is 0.289 e. The van der Waals surface area contributed by atoms with Crippen molar-refractivity contribution >= 4 is 5.69 Å². The van der Waals surface area contributed by atoms with Crippen molar-refractivity contribution in [2.24, 2.45) is 0 Å². The number of nitrogen functional groups attached to an aromatic ring is 1. The van der Waals surface area contributed by atoms with E-state index >= 15 is 0 Å². The largest absolute Gasteiger partial charge is 0.394 e. The highest BCUT2D eigenvalue weighted by Crippen LogP contribution is 2.16. The van der Waals surface area contributed by atoms with Crippen LogP contribution in [-0.2, 0) is 6.54 Å². The minimum Gasteiger partial charge on any atom is -0.394 e. The number of nitrogens with zero attached hydrogens (tertiary/aromatic N) is 2. The Morgan fingerprint density at radius 1 is 1.28 bits per heavy atom. The maximum atomic E-state index is 11.8. The number of hydrogen-bond acceptors (Lipinski definition) is 3. The molecular formula is C14H17N3O. The van der Waals surface area contributed by atoms with Crippen LogP contribution in [-0.4, -0.2) is 9.78 Å². The van der Waals surface area contributed by atoms with Crippen molar-refractivity contribution in [2.45, 2.75) is 26.3 Å². The molecule has 1 heterocycles. The van der Waals surface area contributed by atoms with Gasteiger partial charge in [0.1, 0.15) is 5.69 Å². The Hall–Kier alpha value is -2.10. The lowest BCUT2D eigenvalue weighted by Gasteiger charge is -2.08. The summed E-state index contributed by atoms with van der Waals surface area (Å²) in [6.45, 7) is 2.69. The second kappa shape index (κ2) is 5.49. The normalized spacial score (nSPS) is 10.5. The molecule has 0 saturated carbocycles. The Balaban J connectivity index is 2.44. The summed E-state index contributed by atoms with van der Waals surface area (Å²) in [4.78, 5) is 11.8. The fourth-order valence-corrected chi connectivity index (χ4v) is 1.77. The first-order chi connectivity index (χ1) is 8.72. The topological polar surface area (TPSA) is 60.9 Å². The van der Waals surface area contributed by atoms with Gasteiger partial charge < -0.3 is 5.73 Å². The number of nitrogens with two attached hydrogens (primary N) is 1. The zero-order valence-corrected chi connectivity index (χ0v) is 10.5. The van der Waals surface area contributed by atoms with E-state index in [-0.39, 0.29) is 11.2 Å². The summed E-state index contributed by atoms with van der Waals surface area (Å²) < 4.78 is 1.46. The average Bonchev–Trinajstić information content (AvgIpc) is 2.41. The van der Waals surface area contributed by atoms with Crippen LogP contribution in [0.4, 0.5) is 5.69 Å². The molecule has 0 radical (unpaired) electrons. The van der Waals surface area contributed by atoms with Crippen LogP contribution in [0.3, 0.4) is 0 Å². The number of hydrogen-bond donors (Lipinski definition) is 1. The Kier molecular flexibility index (Phi) is 3.77. The highest BCUT2D eigenvalue weighted by Gasteiger charge is 2.06. The number of benzene rings is 1. The van der Waals surface area contributed by atoms with Gasteiger partial charge in [0.2, 0.25) is 0 Å². The first kappa shape index (κ1) is 12.4. The Morgan fingerprint density at radius 3 is 2.67 bits per heavy atom. The molecule has 0 fully saturated rings. The van der Waals surface area contributed by atoms with Crippen molar-refractivity contribution in [2.75, 3.05) is 5.73 Å². The van der Waals surface area contributed by atoms with E-state index in [0.29, 0.717) is 6.54 Å². The molecule has 0 unspecified atom stereocenters. The third-order valence-electron chi connectivity index (χ3n) is 2.80. The van der Waals surface area contributed by atoms with Gasteiger partial charge in [-0.2, -0.15) is 5.10 Å². The van der Waals surface area contributed by atoms with Gasteiger partial charge in [-0.1, -0.05) is 43.7 Å². The van der Waals surface area contributed by atoms with Crippen molar-refractivity contribution in [1.29, 1.82) is 0 Å². The van der Waals surface area contributed by atoms with E-state index < -0.39 is 0 Å². The minimum atomic E-state index is -0.205. The van der Waals surface area contributed by atoms with Gasteiger partial charge in [-0.05, 0) is 12.5 Å². The fraction of sp³-hybridized carbons (Fsp3) is 0.286. The van der Waals surface area contributed by atoms with Crippen LogP contribution in [0.1, 0.15) is 19.8 Å². The molecule has 2 N–H and O–H groups in total. The molecule has 94 valence electrons. The Bertz CT molecular complexity index is 575. The molecule has 0 spiro atoms. The summed E-state index contributed by atoms with van der Waals surface area (Å²) in [6.07, 6.45) is 1.94. The second-order valence-electron chi connectivity index (χ2n) is 4.23. The van der Waals surface area contributed by atoms with Crippen LogP contribution in [0, 0.1) is 0 Å². The Morgan fingerprint density at radius 2 is 2.00 bits per heavy atom. The highest BCUT2D eigenvalue weighted by molar-refractivity contribution is 5.61. The van der Waals surface area contributed by atoms with Gasteiger partial charge in [0.15, 0.2) is 0 Å². The number of anilines is 1. The molecule has 0 bridgehead atoms. The van der Waals surface area contributed by atoms with E-state index in [4.69, 9.17) is 5.73 Å². The van der Waals surface area contributed by atoms with Crippen LogP contribution >= 0.6 is 0 Å². The lowest BCUT2D eigenvalue weighted by molar-refractivity contribution is 0.547. The molecule has 18 heavy (non-hydrogen) atoms. The van der Waals surface area contributed by atoms with Crippen LogP contribution in [0.25, 0.3) is 11.3 Å². The molecule has 2 aromatic rings. The molecule has 0 aliphatic heterocycles. The molecule has 4 nitrogen and oxygen atoms in total. The predicted molar refractivity (Wildman–Crippen MR) is 73.3 cm³/mol. The number of rotatable bonds is 4. The number of aromatic nitrogens is 2. The number of unbranched alkanes of at least 4 members (excludes halogenated alkanes) is 1. The van der Waals surface area contributed by atoms with Crippen LogP contribution in [0.5, 0.6) is 0 Å². The molecule has 0 aliphatic rings. The average molecular weight is 243 g/mol. The quantitative estimate of drug-likeness (QED) is 0.896. The smallest absolute Gasteiger partial charge is 0.289 e. The first-order valence-electron chi connectivity index (χ1n) is 6.15. The second-order valence-corrected chi connectivity index (χ2v) is 4.23. The van der Waals surface area contributed by atoms with Crippen LogP contribution < -0.4 is 11.3 Å².